The van der Waals surface area contributed by atoms with Gasteiger partial charge in [-0.1, -0.05) is 56.3 Å². The van der Waals surface area contributed by atoms with Crippen LogP contribution < -0.4 is 10.1 Å². The molecular formula is C27H26N2O5. The van der Waals surface area contributed by atoms with Crippen LogP contribution in [0.5, 0.6) is 5.75 Å². The fraction of sp³-hybridized carbons (Fsp3) is 0.222. The van der Waals surface area contributed by atoms with Gasteiger partial charge in [-0.2, -0.15) is 0 Å². The van der Waals surface area contributed by atoms with E-state index in [2.05, 4.69) is 5.32 Å². The van der Waals surface area contributed by atoms with E-state index < -0.39 is 23.6 Å². The fourth-order valence-corrected chi connectivity index (χ4v) is 4.26. The number of likely N-dealkylation sites (tertiary alicyclic amines) is 1. The third kappa shape index (κ3) is 4.12. The molecule has 0 saturated carbocycles. The van der Waals surface area contributed by atoms with Crippen molar-refractivity contribution in [3.8, 4) is 16.9 Å². The monoisotopic (exact) mass is 458 g/mol. The highest BCUT2D eigenvalue weighted by Gasteiger charge is 2.62. The van der Waals surface area contributed by atoms with E-state index in [0.717, 1.165) is 16.0 Å². The Morgan fingerprint density at radius 1 is 0.912 bits per heavy atom. The number of hydrogen-bond donors (Lipinski definition) is 2. The molecule has 0 radical (unpaired) electrons. The van der Waals surface area contributed by atoms with Gasteiger partial charge in [0.05, 0.1) is 5.56 Å². The summed E-state index contributed by atoms with van der Waals surface area (Å²) in [5.74, 6) is -0.942. The lowest BCUT2D eigenvalue weighted by atomic mass is 9.72. The smallest absolute Gasteiger partial charge is 0.335 e. The van der Waals surface area contributed by atoms with Crippen molar-refractivity contribution in [2.24, 2.45) is 5.41 Å². The Morgan fingerprint density at radius 3 is 2.06 bits per heavy atom. The predicted octanol–water partition coefficient (Wildman–Crippen LogP) is 5.64. The van der Waals surface area contributed by atoms with Crippen molar-refractivity contribution in [3.63, 3.8) is 0 Å². The van der Waals surface area contributed by atoms with E-state index in [1.54, 1.807) is 12.1 Å². The number of anilines is 1. The third-order valence-corrected chi connectivity index (χ3v) is 6.42. The summed E-state index contributed by atoms with van der Waals surface area (Å²) in [5.41, 5.74) is 1.95. The highest BCUT2D eigenvalue weighted by atomic mass is 16.5. The van der Waals surface area contributed by atoms with Gasteiger partial charge in [-0.25, -0.2) is 14.5 Å². The van der Waals surface area contributed by atoms with Crippen LogP contribution in [0, 0.1) is 5.41 Å². The van der Waals surface area contributed by atoms with Crippen molar-refractivity contribution in [3.05, 3.63) is 84.4 Å². The molecule has 34 heavy (non-hydrogen) atoms. The number of ether oxygens (including phenoxy) is 1. The number of carboxylic acids is 1. The molecule has 174 valence electrons. The maximum Gasteiger partial charge on any atom is 0.335 e. The average Bonchev–Trinajstić information content (AvgIpc) is 2.86. The van der Waals surface area contributed by atoms with Crippen molar-refractivity contribution in [2.45, 2.75) is 32.9 Å². The Balaban J connectivity index is 1.52. The maximum absolute atomic E-state index is 13.1. The number of imide groups is 1. The second-order valence-electron chi connectivity index (χ2n) is 8.21. The SMILES string of the molecule is CCC1(CC)C(=O)N(C(=O)Nc2ccc(-c3ccccc3)cc2)C1Oc1ccc(C(=O)O)cc1. The number of carboxylic acid groups (broad SMARTS) is 1. The zero-order chi connectivity index (χ0) is 24.3. The van der Waals surface area contributed by atoms with Gasteiger partial charge in [0, 0.05) is 5.69 Å². The van der Waals surface area contributed by atoms with Crippen molar-refractivity contribution in [1.29, 1.82) is 0 Å². The number of nitrogens with one attached hydrogen (secondary N) is 1. The minimum Gasteiger partial charge on any atom is -0.478 e. The van der Waals surface area contributed by atoms with E-state index in [9.17, 15) is 14.4 Å². The van der Waals surface area contributed by atoms with Crippen LogP contribution in [-0.2, 0) is 4.79 Å². The van der Waals surface area contributed by atoms with Gasteiger partial charge in [0.15, 0.2) is 6.23 Å². The summed E-state index contributed by atoms with van der Waals surface area (Å²) in [7, 11) is 0. The number of β-lactam (4-membered cyclic amide) rings is 1. The number of rotatable bonds is 7. The normalized spacial score (nSPS) is 16.5. The van der Waals surface area contributed by atoms with Gasteiger partial charge in [-0.15, -0.1) is 0 Å². The fourth-order valence-electron chi connectivity index (χ4n) is 4.26. The van der Waals surface area contributed by atoms with Crippen LogP contribution in [0.2, 0.25) is 0 Å². The predicted molar refractivity (Wildman–Crippen MR) is 129 cm³/mol. The molecule has 7 heteroatoms. The lowest BCUT2D eigenvalue weighted by Gasteiger charge is -2.53. The number of carbonyl (C=O) groups is 3. The topological polar surface area (TPSA) is 95.9 Å². The molecule has 0 spiro atoms. The number of urea groups is 1. The van der Waals surface area contributed by atoms with Crippen molar-refractivity contribution < 1.29 is 24.2 Å². The van der Waals surface area contributed by atoms with Crippen LogP contribution in [0.4, 0.5) is 10.5 Å². The number of aromatic carboxylic acids is 1. The van der Waals surface area contributed by atoms with Gasteiger partial charge in [0.2, 0.25) is 5.91 Å². The molecule has 1 aliphatic rings. The summed E-state index contributed by atoms with van der Waals surface area (Å²) in [6, 6.07) is 22.6. The Hall–Kier alpha value is -4.13. The lowest BCUT2D eigenvalue weighted by Crippen LogP contribution is -2.73. The largest absolute Gasteiger partial charge is 0.478 e. The van der Waals surface area contributed by atoms with E-state index in [-0.39, 0.29) is 11.5 Å². The minimum absolute atomic E-state index is 0.128. The maximum atomic E-state index is 13.1. The van der Waals surface area contributed by atoms with Crippen molar-refractivity contribution in [1.82, 2.24) is 4.90 Å². The minimum atomic E-state index is -1.04. The van der Waals surface area contributed by atoms with Crippen molar-refractivity contribution >= 4 is 23.6 Å². The molecule has 3 aromatic carbocycles. The molecule has 0 aliphatic carbocycles. The van der Waals surface area contributed by atoms with Gasteiger partial charge in [0.25, 0.3) is 0 Å². The molecule has 1 unspecified atom stereocenters. The van der Waals surface area contributed by atoms with Crippen LogP contribution in [0.1, 0.15) is 37.0 Å². The van der Waals surface area contributed by atoms with Gasteiger partial charge in [-0.3, -0.25) is 4.79 Å². The molecule has 3 amide bonds. The molecule has 0 bridgehead atoms. The summed E-state index contributed by atoms with van der Waals surface area (Å²) in [4.78, 5) is 38.3. The standard InChI is InChI=1S/C27H26N2O5/c1-3-27(4-2)24(32)29(25(27)34-22-16-12-20(13-17-22)23(30)31)26(33)28-21-14-10-19(11-15-21)18-8-6-5-7-9-18/h5-17,25H,3-4H2,1-2H3,(H,28,33)(H,30,31). The third-order valence-electron chi connectivity index (χ3n) is 6.42. The quantitative estimate of drug-likeness (QED) is 0.447. The second kappa shape index (κ2) is 9.39. The molecule has 1 heterocycles. The molecule has 4 rings (SSSR count). The molecular weight excluding hydrogens is 432 g/mol. The molecule has 2 N–H and O–H groups in total. The van der Waals surface area contributed by atoms with Gasteiger partial charge in [0.1, 0.15) is 11.2 Å². The number of benzene rings is 3. The molecule has 1 aliphatic heterocycles. The number of amides is 3. The van der Waals surface area contributed by atoms with Gasteiger partial charge >= 0.3 is 12.0 Å². The van der Waals surface area contributed by atoms with Crippen LogP contribution in [0.15, 0.2) is 78.9 Å². The number of carbonyl (C=O) groups excluding carboxylic acids is 2. The molecule has 1 fully saturated rings. The first-order valence-electron chi connectivity index (χ1n) is 11.2. The molecule has 1 atom stereocenters. The summed E-state index contributed by atoms with van der Waals surface area (Å²) in [6.07, 6.45) is 0.222. The van der Waals surface area contributed by atoms with E-state index in [1.165, 1.54) is 24.3 Å². The van der Waals surface area contributed by atoms with Crippen LogP contribution in [0.25, 0.3) is 11.1 Å². The van der Waals surface area contributed by atoms with E-state index in [0.29, 0.717) is 24.3 Å². The van der Waals surface area contributed by atoms with E-state index >= 15 is 0 Å². The first-order valence-corrected chi connectivity index (χ1v) is 11.2. The summed E-state index contributed by atoms with van der Waals surface area (Å²) in [6.45, 7) is 3.78. The van der Waals surface area contributed by atoms with E-state index in [4.69, 9.17) is 9.84 Å². The summed E-state index contributed by atoms with van der Waals surface area (Å²) in [5, 5.41) is 11.9. The summed E-state index contributed by atoms with van der Waals surface area (Å²) >= 11 is 0. The Labute approximate surface area is 198 Å². The second-order valence-corrected chi connectivity index (χ2v) is 8.21. The van der Waals surface area contributed by atoms with Crippen molar-refractivity contribution in [2.75, 3.05) is 5.32 Å². The lowest BCUT2D eigenvalue weighted by molar-refractivity contribution is -0.190. The Morgan fingerprint density at radius 2 is 1.50 bits per heavy atom. The summed E-state index contributed by atoms with van der Waals surface area (Å²) < 4.78 is 6.05. The van der Waals surface area contributed by atoms with Gasteiger partial charge in [-0.05, 0) is 60.4 Å². The zero-order valence-electron chi connectivity index (χ0n) is 19.0. The highest BCUT2D eigenvalue weighted by Crippen LogP contribution is 2.46. The first kappa shape index (κ1) is 23.0. The Kier molecular flexibility index (Phi) is 6.36. The average molecular weight is 459 g/mol. The van der Waals surface area contributed by atoms with Crippen LogP contribution >= 0.6 is 0 Å². The Bertz CT molecular complexity index is 1190. The molecule has 3 aromatic rings. The van der Waals surface area contributed by atoms with E-state index in [1.807, 2.05) is 56.3 Å². The number of hydrogen-bond acceptors (Lipinski definition) is 4. The first-order chi connectivity index (χ1) is 16.4. The van der Waals surface area contributed by atoms with Gasteiger partial charge < -0.3 is 15.2 Å². The zero-order valence-corrected chi connectivity index (χ0v) is 19.0. The molecule has 7 nitrogen and oxygen atoms in total. The van der Waals surface area contributed by atoms with Crippen LogP contribution in [-0.4, -0.2) is 34.1 Å². The molecule has 0 aromatic heterocycles. The highest BCUT2D eigenvalue weighted by molar-refractivity contribution is 6.07. The van der Waals surface area contributed by atoms with Crippen LogP contribution in [0.3, 0.4) is 0 Å². The molecule has 1 saturated heterocycles. The number of nitrogens with zero attached hydrogens (tertiary/aromatic N) is 1.